The molecule has 1 aromatic carbocycles. The summed E-state index contributed by atoms with van der Waals surface area (Å²) in [7, 11) is 0. The fourth-order valence-corrected chi connectivity index (χ4v) is 3.01. The minimum Gasteiger partial charge on any atom is -0.455 e. The van der Waals surface area contributed by atoms with Crippen LogP contribution in [-0.2, 0) is 16.1 Å². The second-order valence-electron chi connectivity index (χ2n) is 4.38. The highest BCUT2D eigenvalue weighted by Crippen LogP contribution is 2.23. The van der Waals surface area contributed by atoms with Gasteiger partial charge in [0.15, 0.2) is 6.61 Å². The number of hydrogen-bond donors (Lipinski definition) is 0. The van der Waals surface area contributed by atoms with Gasteiger partial charge in [-0.05, 0) is 35.7 Å². The Kier molecular flexibility index (Phi) is 5.04. The summed E-state index contributed by atoms with van der Waals surface area (Å²) < 4.78 is 23.3. The van der Waals surface area contributed by atoms with Crippen molar-refractivity contribution in [1.82, 2.24) is 10.2 Å². The third kappa shape index (κ3) is 4.40. The monoisotopic (exact) mass is 350 g/mol. The molecule has 0 bridgehead atoms. The highest BCUT2D eigenvalue weighted by Gasteiger charge is 2.11. The van der Waals surface area contributed by atoms with Gasteiger partial charge in [-0.2, -0.15) is 0 Å². The summed E-state index contributed by atoms with van der Waals surface area (Å²) in [6.45, 7) is -0.0683. The maximum atomic E-state index is 12.8. The standard InChI is InChI=1S/C15H11FN2O3S2/c16-10-3-5-11(6-4-10)23-9-14(19)20-8-13-17-18-15(21-13)12-2-1-7-22-12/h1-7H,8-9H2. The molecular formula is C15H11FN2O3S2. The first-order chi connectivity index (χ1) is 11.2. The van der Waals surface area contributed by atoms with Gasteiger partial charge in [-0.15, -0.1) is 33.3 Å². The maximum absolute atomic E-state index is 12.8. The van der Waals surface area contributed by atoms with Gasteiger partial charge in [-0.3, -0.25) is 4.79 Å². The van der Waals surface area contributed by atoms with Crippen molar-refractivity contribution in [1.29, 1.82) is 0 Å². The van der Waals surface area contributed by atoms with Crippen molar-refractivity contribution < 1.29 is 18.3 Å². The average molecular weight is 350 g/mol. The topological polar surface area (TPSA) is 65.2 Å². The lowest BCUT2D eigenvalue weighted by molar-refractivity contribution is -0.142. The Labute approximate surface area is 139 Å². The van der Waals surface area contributed by atoms with Gasteiger partial charge < -0.3 is 9.15 Å². The summed E-state index contributed by atoms with van der Waals surface area (Å²) in [5.41, 5.74) is 0. The molecule has 0 spiro atoms. The number of nitrogens with zero attached hydrogens (tertiary/aromatic N) is 2. The van der Waals surface area contributed by atoms with Crippen LogP contribution in [0.3, 0.4) is 0 Å². The van der Waals surface area contributed by atoms with Crippen molar-refractivity contribution in [2.45, 2.75) is 11.5 Å². The highest BCUT2D eigenvalue weighted by molar-refractivity contribution is 8.00. The molecule has 118 valence electrons. The number of esters is 1. The van der Waals surface area contributed by atoms with Crippen molar-refractivity contribution >= 4 is 29.1 Å². The molecule has 0 fully saturated rings. The summed E-state index contributed by atoms with van der Waals surface area (Å²) >= 11 is 2.76. The van der Waals surface area contributed by atoms with Crippen molar-refractivity contribution in [3.63, 3.8) is 0 Å². The molecule has 0 atom stereocenters. The van der Waals surface area contributed by atoms with Gasteiger partial charge in [-0.1, -0.05) is 6.07 Å². The van der Waals surface area contributed by atoms with E-state index in [0.29, 0.717) is 5.89 Å². The number of aromatic nitrogens is 2. The minimum atomic E-state index is -0.407. The van der Waals surface area contributed by atoms with Crippen LogP contribution in [0.25, 0.3) is 10.8 Å². The molecule has 3 aromatic rings. The summed E-state index contributed by atoms with van der Waals surface area (Å²) in [5, 5.41) is 9.65. The van der Waals surface area contributed by atoms with E-state index in [4.69, 9.17) is 9.15 Å². The molecule has 0 saturated heterocycles. The zero-order valence-corrected chi connectivity index (χ0v) is 13.4. The fourth-order valence-electron chi connectivity index (χ4n) is 1.67. The smallest absolute Gasteiger partial charge is 0.316 e. The van der Waals surface area contributed by atoms with Crippen LogP contribution in [0, 0.1) is 5.82 Å². The van der Waals surface area contributed by atoms with Gasteiger partial charge in [0, 0.05) is 4.90 Å². The molecule has 2 heterocycles. The number of halogens is 1. The molecule has 0 N–H and O–H groups in total. The largest absolute Gasteiger partial charge is 0.455 e. The van der Waals surface area contributed by atoms with Gasteiger partial charge in [0.2, 0.25) is 0 Å². The Balaban J connectivity index is 1.46. The molecule has 0 amide bonds. The number of carbonyl (C=O) groups is 1. The number of thiophene rings is 1. The number of carbonyl (C=O) groups excluding carboxylic acids is 1. The molecule has 3 rings (SSSR count). The summed E-state index contributed by atoms with van der Waals surface area (Å²) in [5.74, 6) is 0.0581. The summed E-state index contributed by atoms with van der Waals surface area (Å²) in [4.78, 5) is 13.3. The molecule has 23 heavy (non-hydrogen) atoms. The molecular weight excluding hydrogens is 339 g/mol. The lowest BCUT2D eigenvalue weighted by Gasteiger charge is -2.02. The predicted octanol–water partition coefficient (Wildman–Crippen LogP) is 3.77. The zero-order chi connectivity index (χ0) is 16.1. The SMILES string of the molecule is O=C(CSc1ccc(F)cc1)OCc1nnc(-c2cccs2)o1. The lowest BCUT2D eigenvalue weighted by atomic mass is 10.4. The first-order valence-electron chi connectivity index (χ1n) is 6.61. The predicted molar refractivity (Wildman–Crippen MR) is 84.5 cm³/mol. The molecule has 0 aliphatic rings. The van der Waals surface area contributed by atoms with Crippen LogP contribution in [0.5, 0.6) is 0 Å². The second kappa shape index (κ2) is 7.38. The van der Waals surface area contributed by atoms with Gasteiger partial charge >= 0.3 is 5.97 Å². The Hall–Kier alpha value is -2.19. The molecule has 0 saturated carbocycles. The van der Waals surface area contributed by atoms with E-state index in [-0.39, 0.29) is 24.1 Å². The number of rotatable bonds is 6. The molecule has 5 nitrogen and oxygen atoms in total. The minimum absolute atomic E-state index is 0.0683. The van der Waals surface area contributed by atoms with Crippen LogP contribution in [0.4, 0.5) is 4.39 Å². The molecule has 0 aliphatic heterocycles. The first-order valence-corrected chi connectivity index (χ1v) is 8.47. The third-order valence-electron chi connectivity index (χ3n) is 2.73. The van der Waals surface area contributed by atoms with E-state index in [9.17, 15) is 9.18 Å². The average Bonchev–Trinajstić information content (AvgIpc) is 3.23. The van der Waals surface area contributed by atoms with Crippen molar-refractivity contribution in [2.75, 3.05) is 5.75 Å². The Morgan fingerprint density at radius 3 is 2.83 bits per heavy atom. The van der Waals surface area contributed by atoms with Crippen LogP contribution < -0.4 is 0 Å². The Morgan fingerprint density at radius 1 is 1.26 bits per heavy atom. The number of hydrogen-bond acceptors (Lipinski definition) is 7. The van der Waals surface area contributed by atoms with E-state index in [1.54, 1.807) is 12.1 Å². The fraction of sp³-hybridized carbons (Fsp3) is 0.133. The molecule has 0 aliphatic carbocycles. The summed E-state index contributed by atoms with van der Waals surface area (Å²) in [6, 6.07) is 9.66. The van der Waals surface area contributed by atoms with E-state index in [0.717, 1.165) is 9.77 Å². The number of benzene rings is 1. The third-order valence-corrected chi connectivity index (χ3v) is 4.57. The first kappa shape index (κ1) is 15.7. The normalized spacial score (nSPS) is 10.7. The number of ether oxygens (including phenoxy) is 1. The lowest BCUT2D eigenvalue weighted by Crippen LogP contribution is -2.07. The van der Waals surface area contributed by atoms with E-state index in [1.807, 2.05) is 17.5 Å². The number of thioether (sulfide) groups is 1. The molecule has 0 radical (unpaired) electrons. The van der Waals surface area contributed by atoms with E-state index < -0.39 is 5.97 Å². The van der Waals surface area contributed by atoms with Gasteiger partial charge in [0.1, 0.15) is 5.82 Å². The Bertz CT molecular complexity index is 772. The second-order valence-corrected chi connectivity index (χ2v) is 6.38. The van der Waals surface area contributed by atoms with Crippen LogP contribution in [0.1, 0.15) is 5.89 Å². The summed E-state index contributed by atoms with van der Waals surface area (Å²) in [6.07, 6.45) is 0. The molecule has 0 unspecified atom stereocenters. The molecule has 8 heteroatoms. The van der Waals surface area contributed by atoms with Gasteiger partial charge in [0.25, 0.3) is 11.8 Å². The van der Waals surface area contributed by atoms with Crippen LogP contribution >= 0.6 is 23.1 Å². The van der Waals surface area contributed by atoms with Gasteiger partial charge in [0.05, 0.1) is 10.6 Å². The van der Waals surface area contributed by atoms with Crippen molar-refractivity contribution in [3.8, 4) is 10.8 Å². The quantitative estimate of drug-likeness (QED) is 0.498. The van der Waals surface area contributed by atoms with E-state index >= 15 is 0 Å². The van der Waals surface area contributed by atoms with E-state index in [2.05, 4.69) is 10.2 Å². The van der Waals surface area contributed by atoms with Crippen LogP contribution in [-0.4, -0.2) is 21.9 Å². The molecule has 2 aromatic heterocycles. The van der Waals surface area contributed by atoms with Gasteiger partial charge in [-0.25, -0.2) is 4.39 Å². The van der Waals surface area contributed by atoms with Crippen molar-refractivity contribution in [2.24, 2.45) is 0 Å². The highest BCUT2D eigenvalue weighted by atomic mass is 32.2. The van der Waals surface area contributed by atoms with Crippen LogP contribution in [0.2, 0.25) is 0 Å². The Morgan fingerprint density at radius 2 is 2.09 bits per heavy atom. The maximum Gasteiger partial charge on any atom is 0.316 e. The van der Waals surface area contributed by atoms with E-state index in [1.165, 1.54) is 35.2 Å². The zero-order valence-electron chi connectivity index (χ0n) is 11.8. The van der Waals surface area contributed by atoms with Crippen molar-refractivity contribution in [3.05, 3.63) is 53.5 Å². The van der Waals surface area contributed by atoms with Crippen LogP contribution in [0.15, 0.2) is 51.1 Å².